The third-order valence-corrected chi connectivity index (χ3v) is 4.71. The van der Waals surface area contributed by atoms with Gasteiger partial charge in [-0.1, -0.05) is 17.7 Å². The number of carbonyl (C=O) groups is 1. The number of fused-ring (bicyclic) bond motifs is 1. The summed E-state index contributed by atoms with van der Waals surface area (Å²) in [6.45, 7) is 4.40. The number of hydrogen-bond donors (Lipinski definition) is 1. The largest absolute Gasteiger partial charge is 0.495 e. The molecule has 2 aromatic rings. The molecule has 1 aromatic carbocycles. The first kappa shape index (κ1) is 17.8. The van der Waals surface area contributed by atoms with Crippen molar-refractivity contribution in [2.75, 3.05) is 14.2 Å². The van der Waals surface area contributed by atoms with Crippen LogP contribution in [0, 0.1) is 0 Å². The molecule has 7 heteroatoms. The Balaban J connectivity index is 1.78. The summed E-state index contributed by atoms with van der Waals surface area (Å²) in [7, 11) is 3.33. The SMILES string of the molecule is COc1ccc(CN(C)C(=O)c2n[nH]c3c2C[C@H](C)O[C@@H]3C)cc1Cl. The van der Waals surface area contributed by atoms with Crippen LogP contribution >= 0.6 is 11.6 Å². The zero-order valence-corrected chi connectivity index (χ0v) is 15.6. The third kappa shape index (κ3) is 3.50. The summed E-state index contributed by atoms with van der Waals surface area (Å²) in [5.41, 5.74) is 3.24. The molecule has 6 nitrogen and oxygen atoms in total. The number of carbonyl (C=O) groups excluding carboxylic acids is 1. The summed E-state index contributed by atoms with van der Waals surface area (Å²) in [5.74, 6) is 0.495. The number of methoxy groups -OCH3 is 1. The summed E-state index contributed by atoms with van der Waals surface area (Å²) in [4.78, 5) is 14.5. The molecule has 0 fully saturated rings. The van der Waals surface area contributed by atoms with Gasteiger partial charge >= 0.3 is 0 Å². The minimum atomic E-state index is -0.120. The number of halogens is 1. The Bertz CT molecular complexity index is 790. The topological polar surface area (TPSA) is 67.5 Å². The molecule has 1 N–H and O–H groups in total. The van der Waals surface area contributed by atoms with Crippen molar-refractivity contribution in [3.8, 4) is 5.75 Å². The molecule has 1 aromatic heterocycles. The third-order valence-electron chi connectivity index (χ3n) is 4.42. The maximum atomic E-state index is 12.8. The second-order valence-electron chi connectivity index (χ2n) is 6.39. The number of hydrogen-bond acceptors (Lipinski definition) is 4. The maximum Gasteiger partial charge on any atom is 0.274 e. The molecule has 0 saturated carbocycles. The number of nitrogens with zero attached hydrogens (tertiary/aromatic N) is 2. The van der Waals surface area contributed by atoms with Gasteiger partial charge in [-0.2, -0.15) is 5.10 Å². The van der Waals surface area contributed by atoms with Crippen molar-refractivity contribution in [3.05, 3.63) is 45.7 Å². The number of ether oxygens (including phenoxy) is 2. The van der Waals surface area contributed by atoms with E-state index < -0.39 is 0 Å². The van der Waals surface area contributed by atoms with Gasteiger partial charge in [0.25, 0.3) is 5.91 Å². The van der Waals surface area contributed by atoms with Crippen LogP contribution in [0.4, 0.5) is 0 Å². The molecule has 1 aliphatic rings. The van der Waals surface area contributed by atoms with Crippen LogP contribution in [0.3, 0.4) is 0 Å². The molecule has 1 aliphatic heterocycles. The van der Waals surface area contributed by atoms with Gasteiger partial charge in [0.15, 0.2) is 5.69 Å². The second-order valence-corrected chi connectivity index (χ2v) is 6.79. The van der Waals surface area contributed by atoms with Crippen LogP contribution in [0.25, 0.3) is 0 Å². The van der Waals surface area contributed by atoms with Gasteiger partial charge in [0.05, 0.1) is 30.0 Å². The van der Waals surface area contributed by atoms with E-state index in [4.69, 9.17) is 21.1 Å². The Hall–Kier alpha value is -2.05. The van der Waals surface area contributed by atoms with Gasteiger partial charge < -0.3 is 14.4 Å². The fraction of sp³-hybridized carbons (Fsp3) is 0.444. The number of rotatable bonds is 4. The van der Waals surface area contributed by atoms with Crippen LogP contribution in [-0.4, -0.2) is 41.3 Å². The minimum absolute atomic E-state index is 0.0670. The molecule has 0 spiro atoms. The van der Waals surface area contributed by atoms with Crippen LogP contribution < -0.4 is 4.74 Å². The fourth-order valence-electron chi connectivity index (χ4n) is 3.19. The maximum absolute atomic E-state index is 12.8. The Kier molecular flexibility index (Phi) is 5.01. The summed E-state index contributed by atoms with van der Waals surface area (Å²) in [6, 6.07) is 5.50. The monoisotopic (exact) mass is 363 g/mol. The summed E-state index contributed by atoms with van der Waals surface area (Å²) in [6.07, 6.45) is 0.662. The van der Waals surface area contributed by atoms with Gasteiger partial charge in [-0.25, -0.2) is 0 Å². The standard InChI is InChI=1S/C18H22ClN3O3/c1-10-7-13-16(11(2)25-10)20-21-17(13)18(23)22(3)9-12-5-6-15(24-4)14(19)8-12/h5-6,8,10-11H,7,9H2,1-4H3,(H,20,21)/t10-,11+/m0/s1. The average Bonchev–Trinajstić information content (AvgIpc) is 2.98. The minimum Gasteiger partial charge on any atom is -0.495 e. The van der Waals surface area contributed by atoms with E-state index in [-0.39, 0.29) is 18.1 Å². The number of aromatic nitrogens is 2. The van der Waals surface area contributed by atoms with Gasteiger partial charge in [0.1, 0.15) is 5.75 Å². The van der Waals surface area contributed by atoms with E-state index in [0.29, 0.717) is 29.4 Å². The Morgan fingerprint density at radius 2 is 2.24 bits per heavy atom. The van der Waals surface area contributed by atoms with Crippen LogP contribution in [0.5, 0.6) is 5.75 Å². The number of aromatic amines is 1. The second kappa shape index (κ2) is 7.06. The molecule has 0 bridgehead atoms. The molecular weight excluding hydrogens is 342 g/mol. The first-order valence-corrected chi connectivity index (χ1v) is 8.59. The molecule has 0 unspecified atom stereocenters. The number of H-pyrrole nitrogens is 1. The molecule has 134 valence electrons. The van der Waals surface area contributed by atoms with Crippen molar-refractivity contribution in [1.29, 1.82) is 0 Å². The Morgan fingerprint density at radius 3 is 2.92 bits per heavy atom. The van der Waals surface area contributed by atoms with Crippen LogP contribution in [0.1, 0.15) is 47.3 Å². The van der Waals surface area contributed by atoms with Crippen molar-refractivity contribution in [3.63, 3.8) is 0 Å². The van der Waals surface area contributed by atoms with Crippen LogP contribution in [-0.2, 0) is 17.7 Å². The average molecular weight is 364 g/mol. The lowest BCUT2D eigenvalue weighted by atomic mass is 9.99. The molecule has 25 heavy (non-hydrogen) atoms. The normalized spacial score (nSPS) is 19.4. The predicted molar refractivity (Wildman–Crippen MR) is 95.1 cm³/mol. The van der Waals surface area contributed by atoms with Crippen molar-refractivity contribution < 1.29 is 14.3 Å². The van der Waals surface area contributed by atoms with Crippen LogP contribution in [0.2, 0.25) is 5.02 Å². The van der Waals surface area contributed by atoms with E-state index in [0.717, 1.165) is 16.8 Å². The van der Waals surface area contributed by atoms with Gasteiger partial charge in [-0.15, -0.1) is 0 Å². The Morgan fingerprint density at radius 1 is 1.48 bits per heavy atom. The zero-order chi connectivity index (χ0) is 18.1. The first-order valence-electron chi connectivity index (χ1n) is 8.21. The van der Waals surface area contributed by atoms with E-state index in [1.807, 2.05) is 26.0 Å². The molecule has 0 aliphatic carbocycles. The van der Waals surface area contributed by atoms with E-state index in [1.165, 1.54) is 0 Å². The summed E-state index contributed by atoms with van der Waals surface area (Å²) >= 11 is 6.16. The van der Waals surface area contributed by atoms with E-state index in [9.17, 15) is 4.79 Å². The van der Waals surface area contributed by atoms with Crippen LogP contribution in [0.15, 0.2) is 18.2 Å². The summed E-state index contributed by atoms with van der Waals surface area (Å²) in [5, 5.41) is 7.73. The van der Waals surface area contributed by atoms with Crippen molar-refractivity contribution in [2.24, 2.45) is 0 Å². The lowest BCUT2D eigenvalue weighted by molar-refractivity contribution is -0.00701. The molecule has 0 saturated heterocycles. The van der Waals surface area contributed by atoms with E-state index >= 15 is 0 Å². The molecule has 3 rings (SSSR count). The highest BCUT2D eigenvalue weighted by molar-refractivity contribution is 6.32. The lowest BCUT2D eigenvalue weighted by Crippen LogP contribution is -2.29. The molecule has 2 atom stereocenters. The van der Waals surface area contributed by atoms with Crippen molar-refractivity contribution >= 4 is 17.5 Å². The quantitative estimate of drug-likeness (QED) is 0.904. The summed E-state index contributed by atoms with van der Waals surface area (Å²) < 4.78 is 10.9. The Labute approximate surface area is 152 Å². The van der Waals surface area contributed by atoms with Gasteiger partial charge in [0, 0.05) is 25.6 Å². The van der Waals surface area contributed by atoms with Gasteiger partial charge in [0.2, 0.25) is 0 Å². The molecule has 2 heterocycles. The number of amides is 1. The van der Waals surface area contributed by atoms with Crippen molar-refractivity contribution in [1.82, 2.24) is 15.1 Å². The molecule has 1 amide bonds. The molecule has 0 radical (unpaired) electrons. The van der Waals surface area contributed by atoms with E-state index in [1.54, 1.807) is 25.1 Å². The fourth-order valence-corrected chi connectivity index (χ4v) is 3.47. The van der Waals surface area contributed by atoms with Gasteiger partial charge in [-0.05, 0) is 31.5 Å². The predicted octanol–water partition coefficient (Wildman–Crippen LogP) is 3.37. The highest BCUT2D eigenvalue weighted by Crippen LogP contribution is 2.31. The smallest absolute Gasteiger partial charge is 0.274 e. The van der Waals surface area contributed by atoms with Gasteiger partial charge in [-0.3, -0.25) is 9.89 Å². The van der Waals surface area contributed by atoms with Crippen molar-refractivity contribution in [2.45, 2.75) is 39.0 Å². The highest BCUT2D eigenvalue weighted by atomic mass is 35.5. The highest BCUT2D eigenvalue weighted by Gasteiger charge is 2.30. The van der Waals surface area contributed by atoms with E-state index in [2.05, 4.69) is 10.2 Å². The number of benzene rings is 1. The number of nitrogens with one attached hydrogen (secondary N) is 1. The lowest BCUT2D eigenvalue weighted by Gasteiger charge is -2.25. The first-order chi connectivity index (χ1) is 11.9. The zero-order valence-electron chi connectivity index (χ0n) is 14.8. The molecular formula is C18H22ClN3O3.